The SMILES string of the molecule is CCN(Sc1cnc2c(c1)C(C)(C)C(=O)N2C)C(c1ccc(Cl)cc1)C(F)(F)F. The zero-order valence-electron chi connectivity index (χ0n) is 16.4. The molecule has 2 heterocycles. The first kappa shape index (κ1) is 21.9. The number of anilines is 1. The van der Waals surface area contributed by atoms with Gasteiger partial charge in [-0.3, -0.25) is 9.69 Å². The van der Waals surface area contributed by atoms with Gasteiger partial charge in [0.25, 0.3) is 0 Å². The molecule has 0 saturated carbocycles. The molecule has 2 aromatic rings. The minimum atomic E-state index is -4.48. The van der Waals surface area contributed by atoms with E-state index in [-0.39, 0.29) is 18.0 Å². The van der Waals surface area contributed by atoms with Crippen molar-refractivity contribution in [3.8, 4) is 0 Å². The van der Waals surface area contributed by atoms with Gasteiger partial charge in [0.2, 0.25) is 5.91 Å². The number of carbonyl (C=O) groups excluding carboxylic acids is 1. The Morgan fingerprint density at radius 3 is 2.45 bits per heavy atom. The number of carbonyl (C=O) groups is 1. The number of pyridine rings is 1. The second-order valence-electron chi connectivity index (χ2n) is 7.35. The number of aromatic nitrogens is 1. The Kier molecular flexibility index (Phi) is 5.91. The number of amides is 1. The fraction of sp³-hybridized carbons (Fsp3) is 0.400. The topological polar surface area (TPSA) is 36.4 Å². The van der Waals surface area contributed by atoms with Crippen LogP contribution in [0.25, 0.3) is 0 Å². The average molecular weight is 444 g/mol. The second kappa shape index (κ2) is 7.81. The molecule has 1 aliphatic rings. The maximum atomic E-state index is 13.9. The molecule has 1 atom stereocenters. The van der Waals surface area contributed by atoms with Crippen LogP contribution in [0.15, 0.2) is 41.4 Å². The Morgan fingerprint density at radius 1 is 1.28 bits per heavy atom. The highest BCUT2D eigenvalue weighted by Crippen LogP contribution is 2.45. The minimum absolute atomic E-state index is 0.0937. The number of alkyl halides is 3. The lowest BCUT2D eigenvalue weighted by Crippen LogP contribution is -2.34. The lowest BCUT2D eigenvalue weighted by Gasteiger charge is -2.31. The highest BCUT2D eigenvalue weighted by Gasteiger charge is 2.46. The van der Waals surface area contributed by atoms with E-state index in [1.165, 1.54) is 39.7 Å². The standard InChI is InChI=1S/C20H21ClF3N3OS/c1-5-27(16(20(22,23)24)12-6-8-13(21)9-7-12)29-14-10-15-17(25-11-14)26(4)18(28)19(15,2)3/h6-11,16H,5H2,1-4H3. The molecule has 0 saturated heterocycles. The Morgan fingerprint density at radius 2 is 1.90 bits per heavy atom. The van der Waals surface area contributed by atoms with E-state index in [0.29, 0.717) is 21.3 Å². The molecular formula is C20H21ClF3N3OS. The van der Waals surface area contributed by atoms with E-state index in [1.807, 2.05) is 0 Å². The van der Waals surface area contributed by atoms with Crippen molar-refractivity contribution in [2.24, 2.45) is 0 Å². The molecule has 1 aromatic carbocycles. The van der Waals surface area contributed by atoms with Crippen LogP contribution in [0.5, 0.6) is 0 Å². The quantitative estimate of drug-likeness (QED) is 0.562. The molecule has 1 amide bonds. The summed E-state index contributed by atoms with van der Waals surface area (Å²) in [6, 6.07) is 5.64. The Labute approximate surface area is 177 Å². The van der Waals surface area contributed by atoms with Gasteiger partial charge in [0, 0.05) is 35.3 Å². The average Bonchev–Trinajstić information content (AvgIpc) is 2.82. The number of hydrogen-bond donors (Lipinski definition) is 0. The van der Waals surface area contributed by atoms with Gasteiger partial charge in [-0.05, 0) is 49.6 Å². The van der Waals surface area contributed by atoms with Gasteiger partial charge in [-0.25, -0.2) is 9.29 Å². The van der Waals surface area contributed by atoms with E-state index >= 15 is 0 Å². The fourth-order valence-electron chi connectivity index (χ4n) is 3.44. The van der Waals surface area contributed by atoms with E-state index in [4.69, 9.17) is 11.6 Å². The monoisotopic (exact) mass is 443 g/mol. The van der Waals surface area contributed by atoms with Gasteiger partial charge >= 0.3 is 6.18 Å². The van der Waals surface area contributed by atoms with Gasteiger partial charge in [-0.1, -0.05) is 30.7 Å². The van der Waals surface area contributed by atoms with Gasteiger partial charge in [0.15, 0.2) is 0 Å². The number of benzene rings is 1. The highest BCUT2D eigenvalue weighted by molar-refractivity contribution is 7.97. The molecule has 1 aliphatic heterocycles. The zero-order valence-corrected chi connectivity index (χ0v) is 18.0. The first-order valence-corrected chi connectivity index (χ1v) is 10.2. The summed E-state index contributed by atoms with van der Waals surface area (Å²) >= 11 is 6.82. The van der Waals surface area contributed by atoms with Crippen molar-refractivity contribution >= 4 is 35.3 Å². The summed E-state index contributed by atoms with van der Waals surface area (Å²) in [5.41, 5.74) is 0.0475. The van der Waals surface area contributed by atoms with Crippen molar-refractivity contribution < 1.29 is 18.0 Å². The molecule has 29 heavy (non-hydrogen) atoms. The fourth-order valence-corrected chi connectivity index (χ4v) is 4.59. The molecule has 0 fully saturated rings. The number of nitrogens with zero attached hydrogens (tertiary/aromatic N) is 3. The van der Waals surface area contributed by atoms with Crippen LogP contribution in [0.2, 0.25) is 5.02 Å². The van der Waals surface area contributed by atoms with Gasteiger partial charge in [-0.2, -0.15) is 13.2 Å². The molecule has 1 unspecified atom stereocenters. The first-order chi connectivity index (χ1) is 13.5. The van der Waals surface area contributed by atoms with Crippen LogP contribution in [-0.4, -0.2) is 35.0 Å². The summed E-state index contributed by atoms with van der Waals surface area (Å²) in [7, 11) is 1.65. The molecule has 0 N–H and O–H groups in total. The molecule has 1 aromatic heterocycles. The third-order valence-corrected chi connectivity index (χ3v) is 6.38. The summed E-state index contributed by atoms with van der Waals surface area (Å²) in [6.07, 6.45) is -2.97. The number of halogens is 4. The molecule has 3 rings (SSSR count). The summed E-state index contributed by atoms with van der Waals surface area (Å²) in [6.45, 7) is 5.40. The van der Waals surface area contributed by atoms with Crippen LogP contribution in [0, 0.1) is 0 Å². The minimum Gasteiger partial charge on any atom is -0.299 e. The third-order valence-electron chi connectivity index (χ3n) is 4.99. The predicted molar refractivity (Wildman–Crippen MR) is 109 cm³/mol. The molecule has 156 valence electrons. The largest absolute Gasteiger partial charge is 0.408 e. The molecule has 9 heteroatoms. The van der Waals surface area contributed by atoms with Crippen molar-refractivity contribution in [2.45, 2.75) is 43.3 Å². The summed E-state index contributed by atoms with van der Waals surface area (Å²) in [4.78, 5) is 18.8. The van der Waals surface area contributed by atoms with Gasteiger partial charge in [0.1, 0.15) is 11.9 Å². The maximum Gasteiger partial charge on any atom is 0.408 e. The first-order valence-electron chi connectivity index (χ1n) is 9.02. The summed E-state index contributed by atoms with van der Waals surface area (Å²) in [5, 5.41) is 0.379. The van der Waals surface area contributed by atoms with Gasteiger partial charge < -0.3 is 0 Å². The predicted octanol–water partition coefficient (Wildman–Crippen LogP) is 5.62. The molecule has 0 radical (unpaired) electrons. The molecule has 4 nitrogen and oxygen atoms in total. The van der Waals surface area contributed by atoms with E-state index in [2.05, 4.69) is 4.98 Å². The maximum absolute atomic E-state index is 13.9. The normalized spacial score (nSPS) is 17.0. The molecule has 0 bridgehead atoms. The Bertz CT molecular complexity index is 918. The Balaban J connectivity index is 1.96. The Hall–Kier alpha value is -1.77. The van der Waals surface area contributed by atoms with Crippen molar-refractivity contribution in [3.63, 3.8) is 0 Å². The smallest absolute Gasteiger partial charge is 0.299 e. The highest BCUT2D eigenvalue weighted by atomic mass is 35.5. The summed E-state index contributed by atoms with van der Waals surface area (Å²) < 4.78 is 43.1. The van der Waals surface area contributed by atoms with Crippen LogP contribution in [0.1, 0.15) is 37.9 Å². The lowest BCUT2D eigenvalue weighted by molar-refractivity contribution is -0.172. The number of fused-ring (bicyclic) bond motifs is 1. The molecule has 0 spiro atoms. The lowest BCUT2D eigenvalue weighted by atomic mass is 9.87. The van der Waals surface area contributed by atoms with Crippen LogP contribution in [0.4, 0.5) is 19.0 Å². The zero-order chi connectivity index (χ0) is 21.6. The van der Waals surface area contributed by atoms with Crippen molar-refractivity contribution in [1.82, 2.24) is 9.29 Å². The molecule has 0 aliphatic carbocycles. The van der Waals surface area contributed by atoms with E-state index in [9.17, 15) is 18.0 Å². The van der Waals surface area contributed by atoms with Crippen LogP contribution in [-0.2, 0) is 10.2 Å². The number of hydrogen-bond acceptors (Lipinski definition) is 4. The third kappa shape index (κ3) is 4.11. The number of likely N-dealkylation sites (N-methyl/N-ethyl adjacent to an activating group) is 1. The van der Waals surface area contributed by atoms with Crippen LogP contribution < -0.4 is 4.90 Å². The van der Waals surface area contributed by atoms with Crippen LogP contribution in [0.3, 0.4) is 0 Å². The van der Waals surface area contributed by atoms with Crippen molar-refractivity contribution in [3.05, 3.63) is 52.7 Å². The van der Waals surface area contributed by atoms with Gasteiger partial charge in [0.05, 0.1) is 5.41 Å². The van der Waals surface area contributed by atoms with E-state index < -0.39 is 17.6 Å². The summed E-state index contributed by atoms with van der Waals surface area (Å²) in [5.74, 6) is 0.446. The van der Waals surface area contributed by atoms with Crippen molar-refractivity contribution in [2.75, 3.05) is 18.5 Å². The molecular weight excluding hydrogens is 423 g/mol. The van der Waals surface area contributed by atoms with Crippen molar-refractivity contribution in [1.29, 1.82) is 0 Å². The van der Waals surface area contributed by atoms with Crippen LogP contribution >= 0.6 is 23.5 Å². The number of rotatable bonds is 5. The van der Waals surface area contributed by atoms with E-state index in [0.717, 1.165) is 11.9 Å². The van der Waals surface area contributed by atoms with Gasteiger partial charge in [-0.15, -0.1) is 0 Å². The second-order valence-corrected chi connectivity index (χ2v) is 8.91. The van der Waals surface area contributed by atoms with E-state index in [1.54, 1.807) is 33.9 Å².